The van der Waals surface area contributed by atoms with Crippen molar-refractivity contribution >= 4 is 11.6 Å². The van der Waals surface area contributed by atoms with E-state index in [-0.39, 0.29) is 5.91 Å². The monoisotopic (exact) mass is 223 g/mol. The summed E-state index contributed by atoms with van der Waals surface area (Å²) in [5, 5.41) is 11.8. The maximum atomic E-state index is 11.5. The maximum absolute atomic E-state index is 11.5. The second kappa shape index (κ2) is 6.12. The molecule has 0 saturated heterocycles. The first-order chi connectivity index (χ1) is 7.63. The van der Waals surface area contributed by atoms with Crippen molar-refractivity contribution in [2.45, 2.75) is 25.9 Å². The largest absolute Gasteiger partial charge is 0.495 e. The molecule has 1 aromatic rings. The lowest BCUT2D eigenvalue weighted by Gasteiger charge is -2.10. The second-order valence-electron chi connectivity index (χ2n) is 3.64. The number of rotatable bonds is 5. The van der Waals surface area contributed by atoms with Gasteiger partial charge in [0.1, 0.15) is 5.75 Å². The summed E-state index contributed by atoms with van der Waals surface area (Å²) in [5.74, 6) is 0.512. The van der Waals surface area contributed by atoms with E-state index in [1.807, 2.05) is 12.1 Å². The quantitative estimate of drug-likeness (QED) is 0.800. The zero-order valence-electron chi connectivity index (χ0n) is 9.56. The SMILES string of the molecule is COc1ccccc1NC(=O)CCC(C)O. The van der Waals surface area contributed by atoms with Gasteiger partial charge in [-0.1, -0.05) is 12.1 Å². The van der Waals surface area contributed by atoms with E-state index < -0.39 is 6.10 Å². The summed E-state index contributed by atoms with van der Waals surface area (Å²) in [4.78, 5) is 11.5. The molecule has 1 atom stereocenters. The van der Waals surface area contributed by atoms with Gasteiger partial charge in [0, 0.05) is 6.42 Å². The molecule has 0 spiro atoms. The fourth-order valence-corrected chi connectivity index (χ4v) is 1.30. The summed E-state index contributed by atoms with van der Waals surface area (Å²) in [6.45, 7) is 1.66. The molecule has 16 heavy (non-hydrogen) atoms. The lowest BCUT2D eigenvalue weighted by Crippen LogP contribution is -2.14. The fraction of sp³-hybridized carbons (Fsp3) is 0.417. The third kappa shape index (κ3) is 3.90. The van der Waals surface area contributed by atoms with E-state index in [0.29, 0.717) is 24.3 Å². The number of carbonyl (C=O) groups excluding carboxylic acids is 1. The molecule has 0 radical (unpaired) electrons. The summed E-state index contributed by atoms with van der Waals surface area (Å²) < 4.78 is 5.11. The minimum absolute atomic E-state index is 0.120. The minimum Gasteiger partial charge on any atom is -0.495 e. The number of carbonyl (C=O) groups is 1. The summed E-state index contributed by atoms with van der Waals surface area (Å²) >= 11 is 0. The van der Waals surface area contributed by atoms with Gasteiger partial charge >= 0.3 is 0 Å². The molecule has 0 aromatic heterocycles. The van der Waals surface area contributed by atoms with Crippen molar-refractivity contribution in [3.05, 3.63) is 24.3 Å². The zero-order chi connectivity index (χ0) is 12.0. The van der Waals surface area contributed by atoms with E-state index in [2.05, 4.69) is 5.32 Å². The van der Waals surface area contributed by atoms with Crippen molar-refractivity contribution in [3.63, 3.8) is 0 Å². The Hall–Kier alpha value is -1.55. The van der Waals surface area contributed by atoms with Crippen LogP contribution >= 0.6 is 0 Å². The number of benzene rings is 1. The molecule has 88 valence electrons. The van der Waals surface area contributed by atoms with Crippen LogP contribution in [0.5, 0.6) is 5.75 Å². The molecule has 0 heterocycles. The Labute approximate surface area is 95.2 Å². The Morgan fingerprint density at radius 1 is 1.50 bits per heavy atom. The maximum Gasteiger partial charge on any atom is 0.224 e. The predicted octanol–water partition coefficient (Wildman–Crippen LogP) is 1.79. The van der Waals surface area contributed by atoms with Gasteiger partial charge in [0.25, 0.3) is 0 Å². The number of anilines is 1. The van der Waals surface area contributed by atoms with E-state index in [9.17, 15) is 4.79 Å². The summed E-state index contributed by atoms with van der Waals surface area (Å²) in [6.07, 6.45) is 0.305. The molecule has 0 aliphatic carbocycles. The smallest absolute Gasteiger partial charge is 0.224 e. The van der Waals surface area contributed by atoms with Gasteiger partial charge in [-0.25, -0.2) is 0 Å². The molecule has 0 bridgehead atoms. The van der Waals surface area contributed by atoms with Crippen LogP contribution in [0.4, 0.5) is 5.69 Å². The van der Waals surface area contributed by atoms with Gasteiger partial charge in [-0.05, 0) is 25.5 Å². The van der Waals surface area contributed by atoms with Gasteiger partial charge in [-0.15, -0.1) is 0 Å². The first-order valence-electron chi connectivity index (χ1n) is 5.24. The van der Waals surface area contributed by atoms with Gasteiger partial charge in [-0.3, -0.25) is 4.79 Å². The Kier molecular flexibility index (Phi) is 4.79. The predicted molar refractivity (Wildman–Crippen MR) is 62.5 cm³/mol. The molecule has 1 amide bonds. The van der Waals surface area contributed by atoms with Crippen LogP contribution in [0.2, 0.25) is 0 Å². The van der Waals surface area contributed by atoms with E-state index in [0.717, 1.165) is 0 Å². The summed E-state index contributed by atoms with van der Waals surface area (Å²) in [7, 11) is 1.56. The number of ether oxygens (including phenoxy) is 1. The molecule has 0 fully saturated rings. The topological polar surface area (TPSA) is 58.6 Å². The summed E-state index contributed by atoms with van der Waals surface area (Å²) in [5.41, 5.74) is 0.653. The van der Waals surface area contributed by atoms with Crippen LogP contribution in [-0.2, 0) is 4.79 Å². The lowest BCUT2D eigenvalue weighted by molar-refractivity contribution is -0.116. The van der Waals surface area contributed by atoms with Gasteiger partial charge in [0.05, 0.1) is 18.9 Å². The highest BCUT2D eigenvalue weighted by Crippen LogP contribution is 2.23. The molecular weight excluding hydrogens is 206 g/mol. The third-order valence-electron chi connectivity index (χ3n) is 2.17. The third-order valence-corrected chi connectivity index (χ3v) is 2.17. The highest BCUT2D eigenvalue weighted by atomic mass is 16.5. The van der Waals surface area contributed by atoms with Gasteiger partial charge in [0.2, 0.25) is 5.91 Å². The zero-order valence-corrected chi connectivity index (χ0v) is 9.56. The molecule has 2 N–H and O–H groups in total. The fourth-order valence-electron chi connectivity index (χ4n) is 1.30. The number of methoxy groups -OCH3 is 1. The van der Waals surface area contributed by atoms with Crippen molar-refractivity contribution in [1.29, 1.82) is 0 Å². The van der Waals surface area contributed by atoms with Gasteiger partial charge in [0.15, 0.2) is 0 Å². The molecular formula is C12H17NO3. The van der Waals surface area contributed by atoms with Crippen molar-refractivity contribution in [3.8, 4) is 5.75 Å². The van der Waals surface area contributed by atoms with Crippen molar-refractivity contribution in [2.24, 2.45) is 0 Å². The van der Waals surface area contributed by atoms with E-state index in [4.69, 9.17) is 9.84 Å². The van der Waals surface area contributed by atoms with Gasteiger partial charge in [-0.2, -0.15) is 0 Å². The van der Waals surface area contributed by atoms with Crippen LogP contribution < -0.4 is 10.1 Å². The number of hydrogen-bond donors (Lipinski definition) is 2. The number of hydrogen-bond acceptors (Lipinski definition) is 3. The van der Waals surface area contributed by atoms with Crippen LogP contribution in [0.3, 0.4) is 0 Å². The van der Waals surface area contributed by atoms with E-state index >= 15 is 0 Å². The molecule has 4 nitrogen and oxygen atoms in total. The van der Waals surface area contributed by atoms with E-state index in [1.165, 1.54) is 0 Å². The Bertz CT molecular complexity index is 350. The summed E-state index contributed by atoms with van der Waals surface area (Å²) in [6, 6.07) is 7.22. The van der Waals surface area contributed by atoms with Crippen LogP contribution in [0, 0.1) is 0 Å². The van der Waals surface area contributed by atoms with Crippen LogP contribution in [0.1, 0.15) is 19.8 Å². The molecule has 0 aliphatic rings. The van der Waals surface area contributed by atoms with Crippen molar-refractivity contribution < 1.29 is 14.6 Å². The average Bonchev–Trinajstić information content (AvgIpc) is 2.27. The lowest BCUT2D eigenvalue weighted by atomic mass is 10.2. The average molecular weight is 223 g/mol. The number of aliphatic hydroxyl groups excluding tert-OH is 1. The Balaban J connectivity index is 2.55. The Morgan fingerprint density at radius 3 is 2.81 bits per heavy atom. The Morgan fingerprint density at radius 2 is 2.19 bits per heavy atom. The number of para-hydroxylation sites is 2. The van der Waals surface area contributed by atoms with Gasteiger partial charge < -0.3 is 15.2 Å². The number of amides is 1. The number of aliphatic hydroxyl groups is 1. The molecule has 4 heteroatoms. The first kappa shape index (κ1) is 12.5. The highest BCUT2D eigenvalue weighted by Gasteiger charge is 2.07. The highest BCUT2D eigenvalue weighted by molar-refractivity contribution is 5.92. The second-order valence-corrected chi connectivity index (χ2v) is 3.64. The molecule has 1 rings (SSSR count). The number of nitrogens with one attached hydrogen (secondary N) is 1. The minimum atomic E-state index is -0.455. The molecule has 0 saturated carbocycles. The normalized spacial score (nSPS) is 11.9. The van der Waals surface area contributed by atoms with Crippen LogP contribution in [0.15, 0.2) is 24.3 Å². The molecule has 1 unspecified atom stereocenters. The van der Waals surface area contributed by atoms with Crippen molar-refractivity contribution in [2.75, 3.05) is 12.4 Å². The van der Waals surface area contributed by atoms with E-state index in [1.54, 1.807) is 26.2 Å². The van der Waals surface area contributed by atoms with Crippen LogP contribution in [-0.4, -0.2) is 24.2 Å². The standard InChI is InChI=1S/C12H17NO3/c1-9(14)7-8-12(15)13-10-5-3-4-6-11(10)16-2/h3-6,9,14H,7-8H2,1-2H3,(H,13,15). The molecule has 1 aromatic carbocycles. The van der Waals surface area contributed by atoms with Crippen molar-refractivity contribution in [1.82, 2.24) is 0 Å². The molecule has 0 aliphatic heterocycles. The first-order valence-corrected chi connectivity index (χ1v) is 5.24. The van der Waals surface area contributed by atoms with Crippen LogP contribution in [0.25, 0.3) is 0 Å².